The SMILES string of the molecule is COC(=O)C1=C(C)N(c2ccc(OC)c(Cl)c2)C(=O)/C1=C\c1cc(C)n(-c2cc(C)ccc2OC)c1C. The van der Waals surface area contributed by atoms with Crippen LogP contribution >= 0.6 is 11.6 Å². The number of anilines is 1. The molecule has 0 atom stereocenters. The van der Waals surface area contributed by atoms with Crippen LogP contribution in [-0.2, 0) is 14.3 Å². The van der Waals surface area contributed by atoms with E-state index in [4.69, 9.17) is 25.8 Å². The van der Waals surface area contributed by atoms with Crippen molar-refractivity contribution in [3.63, 3.8) is 0 Å². The van der Waals surface area contributed by atoms with Gasteiger partial charge in [-0.3, -0.25) is 9.69 Å². The van der Waals surface area contributed by atoms with Gasteiger partial charge in [0.2, 0.25) is 0 Å². The average molecular weight is 521 g/mol. The molecule has 0 fully saturated rings. The summed E-state index contributed by atoms with van der Waals surface area (Å²) in [6.45, 7) is 7.69. The second-order valence-corrected chi connectivity index (χ2v) is 9.21. The van der Waals surface area contributed by atoms with Gasteiger partial charge in [-0.1, -0.05) is 17.7 Å². The molecule has 7 nitrogen and oxygen atoms in total. The third-order valence-corrected chi connectivity index (χ3v) is 6.82. The number of carbonyl (C=O) groups is 2. The van der Waals surface area contributed by atoms with Crippen molar-refractivity contribution in [2.75, 3.05) is 26.2 Å². The van der Waals surface area contributed by atoms with Crippen LogP contribution in [0.3, 0.4) is 0 Å². The van der Waals surface area contributed by atoms with Gasteiger partial charge in [-0.05, 0) is 81.3 Å². The quantitative estimate of drug-likeness (QED) is 0.297. The number of methoxy groups -OCH3 is 3. The van der Waals surface area contributed by atoms with Gasteiger partial charge in [0, 0.05) is 17.1 Å². The Morgan fingerprint density at radius 2 is 1.59 bits per heavy atom. The number of nitrogens with zero attached hydrogens (tertiary/aromatic N) is 2. The number of halogens is 1. The van der Waals surface area contributed by atoms with Crippen molar-refractivity contribution in [3.8, 4) is 17.2 Å². The van der Waals surface area contributed by atoms with Gasteiger partial charge in [0.25, 0.3) is 5.91 Å². The summed E-state index contributed by atoms with van der Waals surface area (Å²) in [6.07, 6.45) is 1.74. The van der Waals surface area contributed by atoms with Crippen LogP contribution in [0.1, 0.15) is 29.4 Å². The molecule has 2 aromatic carbocycles. The highest BCUT2D eigenvalue weighted by molar-refractivity contribution is 6.32. The predicted octanol–water partition coefficient (Wildman–Crippen LogP) is 5.95. The van der Waals surface area contributed by atoms with E-state index in [1.165, 1.54) is 19.1 Å². The number of aromatic nitrogens is 1. The van der Waals surface area contributed by atoms with Crippen molar-refractivity contribution in [3.05, 3.63) is 86.8 Å². The minimum absolute atomic E-state index is 0.206. The highest BCUT2D eigenvalue weighted by Crippen LogP contribution is 2.39. The maximum Gasteiger partial charge on any atom is 0.340 e. The molecule has 8 heteroatoms. The number of hydrogen-bond donors (Lipinski definition) is 0. The Morgan fingerprint density at radius 1 is 0.919 bits per heavy atom. The molecule has 0 unspecified atom stereocenters. The van der Waals surface area contributed by atoms with E-state index in [9.17, 15) is 9.59 Å². The lowest BCUT2D eigenvalue weighted by Crippen LogP contribution is -2.24. The zero-order valence-electron chi connectivity index (χ0n) is 21.9. The van der Waals surface area contributed by atoms with E-state index in [0.717, 1.165) is 34.0 Å². The van der Waals surface area contributed by atoms with Crippen molar-refractivity contribution >= 4 is 35.2 Å². The smallest absolute Gasteiger partial charge is 0.340 e. The summed E-state index contributed by atoms with van der Waals surface area (Å²) in [4.78, 5) is 28.1. The Hall–Kier alpha value is -3.97. The van der Waals surface area contributed by atoms with E-state index in [0.29, 0.717) is 22.2 Å². The summed E-state index contributed by atoms with van der Waals surface area (Å²) in [5.74, 6) is 0.282. The fraction of sp³-hybridized carbons (Fsp3) is 0.241. The maximum absolute atomic E-state index is 13.7. The van der Waals surface area contributed by atoms with Gasteiger partial charge in [0.1, 0.15) is 11.5 Å². The molecule has 1 aliphatic heterocycles. The number of rotatable bonds is 6. The number of allylic oxidation sites excluding steroid dienone is 1. The van der Waals surface area contributed by atoms with E-state index in [-0.39, 0.29) is 17.1 Å². The zero-order chi connectivity index (χ0) is 27.0. The van der Waals surface area contributed by atoms with Gasteiger partial charge in [0.15, 0.2) is 0 Å². The van der Waals surface area contributed by atoms with Crippen molar-refractivity contribution in [2.45, 2.75) is 27.7 Å². The fourth-order valence-corrected chi connectivity index (χ4v) is 4.97. The number of hydrogen-bond acceptors (Lipinski definition) is 5. The Kier molecular flexibility index (Phi) is 7.18. The van der Waals surface area contributed by atoms with Crippen molar-refractivity contribution in [2.24, 2.45) is 0 Å². The van der Waals surface area contributed by atoms with Crippen LogP contribution in [0, 0.1) is 20.8 Å². The molecule has 1 aromatic heterocycles. The van der Waals surface area contributed by atoms with E-state index in [1.807, 2.05) is 39.0 Å². The molecule has 0 N–H and O–H groups in total. The Morgan fingerprint density at radius 3 is 2.22 bits per heavy atom. The molecule has 0 aliphatic carbocycles. The molecule has 0 bridgehead atoms. The summed E-state index contributed by atoms with van der Waals surface area (Å²) in [6, 6.07) is 13.0. The van der Waals surface area contributed by atoms with Crippen LogP contribution in [0.15, 0.2) is 59.3 Å². The first kappa shape index (κ1) is 26.1. The van der Waals surface area contributed by atoms with Crippen molar-refractivity contribution in [1.29, 1.82) is 0 Å². The number of aryl methyl sites for hydroxylation is 2. The molecule has 192 valence electrons. The molecule has 4 rings (SSSR count). The van der Waals surface area contributed by atoms with Crippen LogP contribution in [-0.4, -0.2) is 37.8 Å². The lowest BCUT2D eigenvalue weighted by molar-refractivity contribution is -0.136. The molecular formula is C29H29ClN2O5. The summed E-state index contributed by atoms with van der Waals surface area (Å²) in [5.41, 5.74) is 6.07. The monoisotopic (exact) mass is 520 g/mol. The third kappa shape index (κ3) is 4.51. The number of carbonyl (C=O) groups excluding carboxylic acids is 2. The highest BCUT2D eigenvalue weighted by atomic mass is 35.5. The van der Waals surface area contributed by atoms with E-state index in [2.05, 4.69) is 10.6 Å². The van der Waals surface area contributed by atoms with Gasteiger partial charge in [-0.25, -0.2) is 4.79 Å². The van der Waals surface area contributed by atoms with Crippen LogP contribution in [0.2, 0.25) is 5.02 Å². The second kappa shape index (κ2) is 10.2. The molecule has 37 heavy (non-hydrogen) atoms. The average Bonchev–Trinajstić information content (AvgIpc) is 3.29. The normalized spacial score (nSPS) is 14.5. The van der Waals surface area contributed by atoms with E-state index >= 15 is 0 Å². The number of amides is 1. The predicted molar refractivity (Wildman–Crippen MR) is 145 cm³/mol. The van der Waals surface area contributed by atoms with E-state index in [1.54, 1.807) is 38.3 Å². The fourth-order valence-electron chi connectivity index (χ4n) is 4.72. The minimum Gasteiger partial charge on any atom is -0.495 e. The first-order valence-electron chi connectivity index (χ1n) is 11.7. The lowest BCUT2D eigenvalue weighted by atomic mass is 10.0. The highest BCUT2D eigenvalue weighted by Gasteiger charge is 2.38. The van der Waals surface area contributed by atoms with Crippen LogP contribution < -0.4 is 14.4 Å². The molecule has 0 saturated carbocycles. The van der Waals surface area contributed by atoms with Crippen molar-refractivity contribution < 1.29 is 23.8 Å². The van der Waals surface area contributed by atoms with Crippen LogP contribution in [0.25, 0.3) is 11.8 Å². The number of esters is 1. The summed E-state index contributed by atoms with van der Waals surface area (Å²) < 4.78 is 18.0. The summed E-state index contributed by atoms with van der Waals surface area (Å²) in [7, 11) is 4.46. The Balaban J connectivity index is 1.86. The van der Waals surface area contributed by atoms with Crippen molar-refractivity contribution in [1.82, 2.24) is 4.57 Å². The largest absolute Gasteiger partial charge is 0.495 e. The van der Waals surface area contributed by atoms with Gasteiger partial charge >= 0.3 is 5.97 Å². The summed E-state index contributed by atoms with van der Waals surface area (Å²) in [5, 5.41) is 0.355. The summed E-state index contributed by atoms with van der Waals surface area (Å²) >= 11 is 6.33. The molecule has 2 heterocycles. The number of ether oxygens (including phenoxy) is 3. The van der Waals surface area contributed by atoms with E-state index < -0.39 is 5.97 Å². The molecule has 1 aliphatic rings. The van der Waals surface area contributed by atoms with Gasteiger partial charge in [0.05, 0.1) is 48.9 Å². The van der Waals surface area contributed by atoms with Crippen LogP contribution in [0.4, 0.5) is 5.69 Å². The lowest BCUT2D eigenvalue weighted by Gasteiger charge is -2.19. The topological polar surface area (TPSA) is 70.0 Å². The van der Waals surface area contributed by atoms with Gasteiger partial charge in [-0.2, -0.15) is 0 Å². The third-order valence-electron chi connectivity index (χ3n) is 6.53. The zero-order valence-corrected chi connectivity index (χ0v) is 22.7. The first-order chi connectivity index (χ1) is 17.6. The minimum atomic E-state index is -0.589. The molecule has 3 aromatic rings. The molecular weight excluding hydrogens is 492 g/mol. The van der Waals surface area contributed by atoms with Gasteiger partial charge in [-0.15, -0.1) is 0 Å². The standard InChI is InChI=1S/C29H29ClN2O5/c1-16-8-10-26(36-6)24(12-16)31-17(2)13-20(18(31)3)14-22-27(29(34)37-7)19(4)32(28(22)33)21-9-11-25(35-5)23(30)15-21/h8-15H,1-7H3/b22-14-. The molecule has 0 saturated heterocycles. The Labute approximate surface area is 221 Å². The van der Waals surface area contributed by atoms with Gasteiger partial charge < -0.3 is 18.8 Å². The Bertz CT molecular complexity index is 1480. The molecule has 1 amide bonds. The van der Waals surface area contributed by atoms with Crippen LogP contribution in [0.5, 0.6) is 11.5 Å². The second-order valence-electron chi connectivity index (χ2n) is 8.81. The number of benzene rings is 2. The molecule has 0 spiro atoms. The first-order valence-corrected chi connectivity index (χ1v) is 12.0. The molecule has 0 radical (unpaired) electrons. The maximum atomic E-state index is 13.7.